The van der Waals surface area contributed by atoms with Crippen LogP contribution in [0.15, 0.2) is 18.2 Å². The number of halogens is 9. The Bertz CT molecular complexity index is 670. The molecule has 0 aliphatic heterocycles. The van der Waals surface area contributed by atoms with Gasteiger partial charge in [-0.25, -0.2) is 0 Å². The van der Waals surface area contributed by atoms with Gasteiger partial charge in [0, 0.05) is 0 Å². The minimum atomic E-state index is -6.32. The molecule has 0 aromatic heterocycles. The van der Waals surface area contributed by atoms with Gasteiger partial charge < -0.3 is 4.18 Å². The molecular formula is C10H5F9O3S. The molecule has 1 rings (SSSR count). The van der Waals surface area contributed by atoms with Crippen LogP contribution in [0.1, 0.15) is 11.1 Å². The molecule has 0 amide bonds. The molecule has 0 fully saturated rings. The lowest BCUT2D eigenvalue weighted by molar-refractivity contribution is -0.138. The normalized spacial score (nSPS) is 14.0. The SMILES string of the molecule is O=S(=O)(Oc1cc(CC(F)(F)F)cc(C(F)(F)F)c1)C(F)(F)F. The largest absolute Gasteiger partial charge is 0.534 e. The molecule has 0 bridgehead atoms. The Kier molecular flexibility index (Phi) is 4.86. The fourth-order valence-electron chi connectivity index (χ4n) is 1.38. The van der Waals surface area contributed by atoms with Crippen molar-refractivity contribution in [1.82, 2.24) is 0 Å². The van der Waals surface area contributed by atoms with Gasteiger partial charge in [-0.15, -0.1) is 0 Å². The van der Waals surface area contributed by atoms with Gasteiger partial charge in [0.15, 0.2) is 0 Å². The quantitative estimate of drug-likeness (QED) is 0.454. The highest BCUT2D eigenvalue weighted by atomic mass is 32.2. The molecule has 0 spiro atoms. The number of hydrogen-bond acceptors (Lipinski definition) is 3. The second-order valence-electron chi connectivity index (χ2n) is 4.14. The Hall–Kier alpha value is -1.66. The van der Waals surface area contributed by atoms with Crippen molar-refractivity contribution in [2.24, 2.45) is 0 Å². The summed E-state index contributed by atoms with van der Waals surface area (Å²) in [5, 5.41) is 0. The second-order valence-corrected chi connectivity index (χ2v) is 5.68. The first kappa shape index (κ1) is 19.4. The molecule has 1 aromatic rings. The van der Waals surface area contributed by atoms with Crippen molar-refractivity contribution in [3.8, 4) is 5.75 Å². The van der Waals surface area contributed by atoms with Gasteiger partial charge in [0.1, 0.15) is 5.75 Å². The van der Waals surface area contributed by atoms with Crippen molar-refractivity contribution in [3.05, 3.63) is 29.3 Å². The van der Waals surface area contributed by atoms with Gasteiger partial charge in [0.25, 0.3) is 0 Å². The maximum atomic E-state index is 12.5. The highest BCUT2D eigenvalue weighted by Gasteiger charge is 2.49. The summed E-state index contributed by atoms with van der Waals surface area (Å²) in [7, 11) is -6.32. The summed E-state index contributed by atoms with van der Waals surface area (Å²) in [5.41, 5.74) is -8.85. The first-order chi connectivity index (χ1) is 10.0. The minimum Gasteiger partial charge on any atom is -0.376 e. The number of rotatable bonds is 3. The summed E-state index contributed by atoms with van der Waals surface area (Å²) in [6, 6.07) is 0.00966. The summed E-state index contributed by atoms with van der Waals surface area (Å²) >= 11 is 0. The molecule has 1 aromatic carbocycles. The maximum Gasteiger partial charge on any atom is 0.534 e. The summed E-state index contributed by atoms with van der Waals surface area (Å²) in [6.07, 6.45) is -12.1. The van der Waals surface area contributed by atoms with E-state index in [4.69, 9.17) is 0 Å². The van der Waals surface area contributed by atoms with Crippen LogP contribution in [0.5, 0.6) is 5.75 Å². The van der Waals surface area contributed by atoms with Crippen LogP contribution in [-0.4, -0.2) is 20.1 Å². The van der Waals surface area contributed by atoms with E-state index < -0.39 is 51.3 Å². The number of hydrogen-bond donors (Lipinski definition) is 0. The molecule has 0 unspecified atom stereocenters. The van der Waals surface area contributed by atoms with Gasteiger partial charge >= 0.3 is 28.0 Å². The average molecular weight is 376 g/mol. The zero-order chi connectivity index (χ0) is 18.3. The Morgan fingerprint density at radius 2 is 1.39 bits per heavy atom. The molecule has 0 heterocycles. The number of benzene rings is 1. The Balaban J connectivity index is 3.35. The molecule has 3 nitrogen and oxygen atoms in total. The monoisotopic (exact) mass is 376 g/mol. The first-order valence-electron chi connectivity index (χ1n) is 5.30. The fraction of sp³-hybridized carbons (Fsp3) is 0.400. The molecule has 13 heteroatoms. The smallest absolute Gasteiger partial charge is 0.376 e. The van der Waals surface area contributed by atoms with Crippen LogP contribution in [0.2, 0.25) is 0 Å². The van der Waals surface area contributed by atoms with Crippen molar-refractivity contribution < 1.29 is 52.1 Å². The standard InChI is InChI=1S/C10H5F9O3S/c11-8(12,13)4-5-1-6(9(14,15)16)3-7(2-5)22-23(20,21)10(17,18)19/h1-3H,4H2. The lowest BCUT2D eigenvalue weighted by Gasteiger charge is -2.14. The van der Waals surface area contributed by atoms with E-state index in [9.17, 15) is 47.9 Å². The summed E-state index contributed by atoms with van der Waals surface area (Å²) in [6.45, 7) is 0. The van der Waals surface area contributed by atoms with Gasteiger partial charge in [0.05, 0.1) is 12.0 Å². The van der Waals surface area contributed by atoms with Crippen molar-refractivity contribution in [2.45, 2.75) is 24.3 Å². The Labute approximate surface area is 122 Å². The van der Waals surface area contributed by atoms with Gasteiger partial charge in [0.2, 0.25) is 0 Å². The first-order valence-corrected chi connectivity index (χ1v) is 6.71. The van der Waals surface area contributed by atoms with E-state index >= 15 is 0 Å². The summed E-state index contributed by atoms with van der Waals surface area (Å²) < 4.78 is 135. The topological polar surface area (TPSA) is 43.4 Å². The molecule has 23 heavy (non-hydrogen) atoms. The van der Waals surface area contributed by atoms with Gasteiger partial charge in [-0.2, -0.15) is 47.9 Å². The van der Waals surface area contributed by atoms with Crippen LogP contribution in [0.3, 0.4) is 0 Å². The lowest BCUT2D eigenvalue weighted by atomic mass is 10.1. The molecule has 132 valence electrons. The summed E-state index contributed by atoms with van der Waals surface area (Å²) in [4.78, 5) is 0. The molecule has 0 saturated carbocycles. The Morgan fingerprint density at radius 3 is 1.78 bits per heavy atom. The molecule has 0 radical (unpaired) electrons. The molecule has 0 N–H and O–H groups in total. The highest BCUT2D eigenvalue weighted by molar-refractivity contribution is 7.88. The van der Waals surface area contributed by atoms with Crippen LogP contribution < -0.4 is 4.18 Å². The summed E-state index contributed by atoms with van der Waals surface area (Å²) in [5.74, 6) is -1.53. The zero-order valence-electron chi connectivity index (χ0n) is 10.5. The van der Waals surface area contributed by atoms with Gasteiger partial charge in [-0.05, 0) is 23.8 Å². The van der Waals surface area contributed by atoms with E-state index in [-0.39, 0.29) is 18.2 Å². The third-order valence-corrected chi connectivity index (χ3v) is 3.17. The molecule has 0 atom stereocenters. The van der Waals surface area contributed by atoms with Crippen molar-refractivity contribution in [2.75, 3.05) is 0 Å². The van der Waals surface area contributed by atoms with Crippen LogP contribution in [0, 0.1) is 0 Å². The van der Waals surface area contributed by atoms with E-state index in [2.05, 4.69) is 4.18 Å². The van der Waals surface area contributed by atoms with Gasteiger partial charge in [-0.1, -0.05) is 0 Å². The predicted octanol–water partition coefficient (Wildman–Crippen LogP) is 4.04. The van der Waals surface area contributed by atoms with E-state index in [1.807, 2.05) is 0 Å². The minimum absolute atomic E-state index is 0.0283. The molecule has 0 aliphatic rings. The van der Waals surface area contributed by atoms with Crippen LogP contribution in [-0.2, 0) is 22.7 Å². The van der Waals surface area contributed by atoms with Crippen LogP contribution >= 0.6 is 0 Å². The van der Waals surface area contributed by atoms with Gasteiger partial charge in [-0.3, -0.25) is 0 Å². The van der Waals surface area contributed by atoms with Crippen LogP contribution in [0.25, 0.3) is 0 Å². The third kappa shape index (κ3) is 5.48. The molecule has 0 aliphatic carbocycles. The number of alkyl halides is 9. The third-order valence-electron chi connectivity index (χ3n) is 2.19. The van der Waals surface area contributed by atoms with E-state index in [0.29, 0.717) is 0 Å². The lowest BCUT2D eigenvalue weighted by Crippen LogP contribution is -2.28. The van der Waals surface area contributed by atoms with Crippen molar-refractivity contribution in [1.29, 1.82) is 0 Å². The maximum absolute atomic E-state index is 12.5. The van der Waals surface area contributed by atoms with Crippen molar-refractivity contribution >= 4 is 10.1 Å². The highest BCUT2D eigenvalue weighted by Crippen LogP contribution is 2.36. The van der Waals surface area contributed by atoms with E-state index in [0.717, 1.165) is 0 Å². The van der Waals surface area contributed by atoms with Crippen molar-refractivity contribution in [3.63, 3.8) is 0 Å². The zero-order valence-corrected chi connectivity index (χ0v) is 11.3. The Morgan fingerprint density at radius 1 is 0.870 bits per heavy atom. The molecular weight excluding hydrogens is 371 g/mol. The molecule has 0 saturated heterocycles. The average Bonchev–Trinajstić information content (AvgIpc) is 2.22. The van der Waals surface area contributed by atoms with Crippen LogP contribution in [0.4, 0.5) is 39.5 Å². The fourth-order valence-corrected chi connectivity index (χ4v) is 1.82. The predicted molar refractivity (Wildman–Crippen MR) is 56.8 cm³/mol. The van der Waals surface area contributed by atoms with E-state index in [1.165, 1.54) is 0 Å². The second kappa shape index (κ2) is 5.76. The van der Waals surface area contributed by atoms with E-state index in [1.54, 1.807) is 0 Å².